The molecule has 6 nitrogen and oxygen atoms in total. The third kappa shape index (κ3) is 4.23. The van der Waals surface area contributed by atoms with Gasteiger partial charge in [-0.15, -0.1) is 32.9 Å². The van der Waals surface area contributed by atoms with Crippen LogP contribution in [0.4, 0.5) is 5.00 Å². The number of thioether (sulfide) groups is 1. The summed E-state index contributed by atoms with van der Waals surface area (Å²) in [5.41, 5.74) is 0.484. The molecule has 0 aliphatic rings. The van der Waals surface area contributed by atoms with Crippen molar-refractivity contribution in [2.24, 2.45) is 0 Å². The summed E-state index contributed by atoms with van der Waals surface area (Å²) in [7, 11) is 0. The molecule has 1 N–H and O–H groups in total. The maximum Gasteiger partial charge on any atom is 0.235 e. The molecule has 0 aromatic carbocycles. The maximum absolute atomic E-state index is 12.0. The Labute approximate surface area is 151 Å². The molecule has 0 saturated carbocycles. The van der Waals surface area contributed by atoms with Gasteiger partial charge in [-0.1, -0.05) is 17.8 Å². The van der Waals surface area contributed by atoms with E-state index in [1.165, 1.54) is 28.0 Å². The molecule has 9 heteroatoms. The molecule has 3 aromatic heterocycles. The van der Waals surface area contributed by atoms with Crippen molar-refractivity contribution in [2.75, 3.05) is 11.1 Å². The van der Waals surface area contributed by atoms with Crippen LogP contribution < -0.4 is 5.32 Å². The Kier molecular flexibility index (Phi) is 5.63. The lowest BCUT2D eigenvalue weighted by molar-refractivity contribution is -0.113. The summed E-state index contributed by atoms with van der Waals surface area (Å²) in [6.07, 6.45) is 2.59. The van der Waals surface area contributed by atoms with Gasteiger partial charge in [0.2, 0.25) is 5.91 Å². The summed E-state index contributed by atoms with van der Waals surface area (Å²) in [6.45, 7) is 0.779. The highest BCUT2D eigenvalue weighted by Crippen LogP contribution is 2.23. The summed E-state index contributed by atoms with van der Waals surface area (Å²) in [4.78, 5) is 13.3. The van der Waals surface area contributed by atoms with Gasteiger partial charge >= 0.3 is 0 Å². The van der Waals surface area contributed by atoms with Gasteiger partial charge in [0.25, 0.3) is 0 Å². The number of hydrogen-bond donors (Lipinski definition) is 1. The van der Waals surface area contributed by atoms with Gasteiger partial charge in [0.05, 0.1) is 11.3 Å². The number of nitrogens with one attached hydrogen (secondary N) is 1. The van der Waals surface area contributed by atoms with Crippen LogP contribution in [0.2, 0.25) is 0 Å². The summed E-state index contributed by atoms with van der Waals surface area (Å²) < 4.78 is 1.95. The minimum atomic E-state index is -0.160. The fourth-order valence-corrected chi connectivity index (χ4v) is 4.18. The van der Waals surface area contributed by atoms with E-state index in [4.69, 9.17) is 5.26 Å². The minimum Gasteiger partial charge on any atom is -0.316 e. The molecular weight excluding hydrogens is 362 g/mol. The highest BCUT2D eigenvalue weighted by Gasteiger charge is 2.11. The third-order valence-corrected chi connectivity index (χ3v) is 5.88. The lowest BCUT2D eigenvalue weighted by Gasteiger charge is -2.06. The molecule has 1 amide bonds. The molecule has 0 saturated heterocycles. The quantitative estimate of drug-likeness (QED) is 0.641. The van der Waals surface area contributed by atoms with Crippen molar-refractivity contribution in [2.45, 2.75) is 18.1 Å². The number of nitriles is 1. The number of anilines is 1. The van der Waals surface area contributed by atoms with Crippen LogP contribution in [0, 0.1) is 11.3 Å². The fraction of sp³-hybridized carbons (Fsp3) is 0.200. The van der Waals surface area contributed by atoms with Crippen LogP contribution in [0.5, 0.6) is 0 Å². The maximum atomic E-state index is 12.0. The third-order valence-electron chi connectivity index (χ3n) is 3.13. The van der Waals surface area contributed by atoms with Gasteiger partial charge < -0.3 is 9.88 Å². The second-order valence-electron chi connectivity index (χ2n) is 4.75. The van der Waals surface area contributed by atoms with Crippen molar-refractivity contribution in [3.05, 3.63) is 45.7 Å². The van der Waals surface area contributed by atoms with E-state index in [1.807, 2.05) is 10.6 Å². The molecule has 0 aliphatic heterocycles. The summed E-state index contributed by atoms with van der Waals surface area (Å²) in [5, 5.41) is 24.8. The zero-order valence-corrected chi connectivity index (χ0v) is 15.0. The van der Waals surface area contributed by atoms with Gasteiger partial charge in [0.15, 0.2) is 5.16 Å². The van der Waals surface area contributed by atoms with Crippen molar-refractivity contribution in [1.82, 2.24) is 14.8 Å². The number of amides is 1. The Morgan fingerprint density at radius 1 is 1.38 bits per heavy atom. The number of nitrogens with zero attached hydrogens (tertiary/aromatic N) is 4. The highest BCUT2D eigenvalue weighted by molar-refractivity contribution is 7.99. The topological polar surface area (TPSA) is 83.6 Å². The van der Waals surface area contributed by atoms with Gasteiger partial charge in [0.1, 0.15) is 17.4 Å². The number of aryl methyl sites for hydroxylation is 2. The zero-order valence-electron chi connectivity index (χ0n) is 12.5. The zero-order chi connectivity index (χ0) is 16.8. The predicted molar refractivity (Wildman–Crippen MR) is 96.4 cm³/mol. The Morgan fingerprint density at radius 3 is 3.08 bits per heavy atom. The molecule has 3 aromatic rings. The van der Waals surface area contributed by atoms with Gasteiger partial charge in [-0.25, -0.2) is 0 Å². The van der Waals surface area contributed by atoms with Crippen LogP contribution in [0.25, 0.3) is 0 Å². The first-order chi connectivity index (χ1) is 11.8. The van der Waals surface area contributed by atoms with Crippen LogP contribution in [0.15, 0.2) is 40.4 Å². The molecule has 0 unspecified atom stereocenters. The molecule has 3 rings (SSSR count). The largest absolute Gasteiger partial charge is 0.316 e. The number of thiophene rings is 2. The average Bonchev–Trinajstić information content (AvgIpc) is 3.32. The van der Waals surface area contributed by atoms with Crippen molar-refractivity contribution in [3.63, 3.8) is 0 Å². The number of hydrogen-bond acceptors (Lipinski definition) is 7. The second kappa shape index (κ2) is 8.10. The number of carbonyl (C=O) groups is 1. The molecule has 0 radical (unpaired) electrons. The van der Waals surface area contributed by atoms with E-state index < -0.39 is 0 Å². The minimum absolute atomic E-state index is 0.160. The van der Waals surface area contributed by atoms with E-state index in [0.717, 1.165) is 13.0 Å². The molecule has 122 valence electrons. The van der Waals surface area contributed by atoms with Crippen molar-refractivity contribution >= 4 is 45.3 Å². The van der Waals surface area contributed by atoms with Crippen LogP contribution in [-0.2, 0) is 17.8 Å². The second-order valence-corrected chi connectivity index (χ2v) is 7.64. The Hall–Kier alpha value is -2.15. The summed E-state index contributed by atoms with van der Waals surface area (Å²) in [5.74, 6) is 0.0623. The first-order valence-corrected chi connectivity index (χ1v) is 9.81. The Bertz CT molecular complexity index is 847. The highest BCUT2D eigenvalue weighted by atomic mass is 32.2. The fourth-order valence-electron chi connectivity index (χ4n) is 1.98. The molecule has 0 fully saturated rings. The molecule has 0 spiro atoms. The van der Waals surface area contributed by atoms with Gasteiger partial charge in [-0.3, -0.25) is 4.79 Å². The molecule has 0 atom stereocenters. The van der Waals surface area contributed by atoms with E-state index >= 15 is 0 Å². The average molecular weight is 376 g/mol. The molecule has 0 bridgehead atoms. The van der Waals surface area contributed by atoms with Crippen molar-refractivity contribution in [1.29, 1.82) is 5.26 Å². The van der Waals surface area contributed by atoms with E-state index in [9.17, 15) is 4.79 Å². The predicted octanol–water partition coefficient (Wildman–Crippen LogP) is 3.25. The Balaban J connectivity index is 1.52. The van der Waals surface area contributed by atoms with Crippen LogP contribution >= 0.6 is 34.4 Å². The van der Waals surface area contributed by atoms with Crippen molar-refractivity contribution < 1.29 is 4.79 Å². The molecule has 0 aliphatic carbocycles. The molecular formula is C15H13N5OS3. The van der Waals surface area contributed by atoms with Gasteiger partial charge in [-0.05, 0) is 29.3 Å². The van der Waals surface area contributed by atoms with Crippen LogP contribution in [0.1, 0.15) is 10.4 Å². The lowest BCUT2D eigenvalue weighted by Crippen LogP contribution is -2.14. The van der Waals surface area contributed by atoms with Gasteiger partial charge in [-0.2, -0.15) is 5.26 Å². The standard InChI is InChI=1S/C15H13N5OS3/c16-8-11-4-7-23-14(11)18-13(21)9-24-15-19-17-10-20(15)5-3-12-2-1-6-22-12/h1-2,4,6-7,10H,3,5,9H2,(H,18,21). The van der Waals surface area contributed by atoms with E-state index in [0.29, 0.717) is 15.7 Å². The Morgan fingerprint density at radius 2 is 2.29 bits per heavy atom. The first kappa shape index (κ1) is 16.7. The van der Waals surface area contributed by atoms with E-state index in [1.54, 1.807) is 29.1 Å². The van der Waals surface area contributed by atoms with E-state index in [-0.39, 0.29) is 11.7 Å². The van der Waals surface area contributed by atoms with Crippen LogP contribution in [-0.4, -0.2) is 26.4 Å². The molecule has 24 heavy (non-hydrogen) atoms. The number of carbonyl (C=O) groups excluding carboxylic acids is 1. The summed E-state index contributed by atoms with van der Waals surface area (Å²) in [6, 6.07) is 7.88. The number of rotatable bonds is 7. The number of aromatic nitrogens is 3. The van der Waals surface area contributed by atoms with Crippen LogP contribution in [0.3, 0.4) is 0 Å². The summed E-state index contributed by atoms with van der Waals surface area (Å²) >= 11 is 4.40. The monoisotopic (exact) mass is 375 g/mol. The van der Waals surface area contributed by atoms with Gasteiger partial charge in [0, 0.05) is 11.4 Å². The van der Waals surface area contributed by atoms with Crippen molar-refractivity contribution in [3.8, 4) is 6.07 Å². The smallest absolute Gasteiger partial charge is 0.235 e. The first-order valence-electron chi connectivity index (χ1n) is 7.06. The normalized spacial score (nSPS) is 10.5. The molecule has 3 heterocycles. The lowest BCUT2D eigenvalue weighted by atomic mass is 10.3. The SMILES string of the molecule is N#Cc1ccsc1NC(=O)CSc1nncn1CCc1cccs1. The van der Waals surface area contributed by atoms with E-state index in [2.05, 4.69) is 33.0 Å².